The van der Waals surface area contributed by atoms with Gasteiger partial charge in [-0.05, 0) is 24.3 Å². The minimum atomic E-state index is -3.89. The molecule has 0 saturated carbocycles. The molecule has 1 aromatic heterocycles. The van der Waals surface area contributed by atoms with E-state index in [2.05, 4.69) is 4.98 Å². The fraction of sp³-hybridized carbons (Fsp3) is 0.0833. The van der Waals surface area contributed by atoms with Gasteiger partial charge in [0.15, 0.2) is 0 Å². The number of hydrogen-bond donors (Lipinski definition) is 1. The molecular weight excluding hydrogens is 296 g/mol. The Balaban J connectivity index is 2.45. The average Bonchev–Trinajstić information content (AvgIpc) is 2.46. The van der Waals surface area contributed by atoms with Crippen LogP contribution in [0.15, 0.2) is 47.5 Å². The lowest BCUT2D eigenvalue weighted by atomic mass is 10.3. The Morgan fingerprint density at radius 2 is 2.00 bits per heavy atom. The highest BCUT2D eigenvalue weighted by Crippen LogP contribution is 2.27. The van der Waals surface area contributed by atoms with Crippen LogP contribution < -0.4 is 10.0 Å². The second-order valence-electron chi connectivity index (χ2n) is 4.14. The predicted octanol–water partition coefficient (Wildman–Crippen LogP) is 1.40. The largest absolute Gasteiger partial charge is 0.393 e. The molecule has 0 saturated heterocycles. The first-order valence-corrected chi connectivity index (χ1v) is 7.22. The minimum absolute atomic E-state index is 0.140. The van der Waals surface area contributed by atoms with Crippen molar-refractivity contribution in [1.29, 1.82) is 0 Å². The van der Waals surface area contributed by atoms with E-state index < -0.39 is 14.9 Å². The fourth-order valence-corrected chi connectivity index (χ4v) is 2.87. The Morgan fingerprint density at radius 3 is 2.52 bits per heavy atom. The first-order valence-electron chi connectivity index (χ1n) is 5.78. The van der Waals surface area contributed by atoms with Gasteiger partial charge in [0.05, 0.1) is 9.82 Å². The zero-order valence-corrected chi connectivity index (χ0v) is 11.8. The highest BCUT2D eigenvalue weighted by molar-refractivity contribution is 7.92. The summed E-state index contributed by atoms with van der Waals surface area (Å²) in [6, 6.07) is 8.11. The molecule has 2 rings (SSSR count). The number of nitrogens with two attached hydrogens (primary N) is 1. The van der Waals surface area contributed by atoms with Crippen LogP contribution in [0.1, 0.15) is 0 Å². The Kier molecular flexibility index (Phi) is 3.76. The van der Waals surface area contributed by atoms with Crippen LogP contribution in [-0.2, 0) is 10.0 Å². The van der Waals surface area contributed by atoms with Gasteiger partial charge in [0.1, 0.15) is 11.5 Å². The highest BCUT2D eigenvalue weighted by Gasteiger charge is 2.24. The van der Waals surface area contributed by atoms with Crippen LogP contribution in [0.5, 0.6) is 0 Å². The smallest absolute Gasteiger partial charge is 0.292 e. The third kappa shape index (κ3) is 2.77. The molecule has 0 bridgehead atoms. The number of sulfonamides is 1. The van der Waals surface area contributed by atoms with Gasteiger partial charge in [-0.2, -0.15) is 0 Å². The van der Waals surface area contributed by atoms with Gasteiger partial charge in [0, 0.05) is 19.3 Å². The maximum Gasteiger partial charge on any atom is 0.292 e. The minimum Gasteiger partial charge on any atom is -0.393 e. The second kappa shape index (κ2) is 5.37. The standard InChI is InChI=1S/C12H12N4O4S/c1-15(12-4-2-3-7-14-12)21(19,20)9-5-6-11(16(17)18)10(13)8-9/h2-8H,13H2,1H3. The summed E-state index contributed by atoms with van der Waals surface area (Å²) in [6.45, 7) is 0. The number of aromatic nitrogens is 1. The number of anilines is 2. The predicted molar refractivity (Wildman–Crippen MR) is 77.3 cm³/mol. The van der Waals surface area contributed by atoms with Crippen molar-refractivity contribution in [2.75, 3.05) is 17.1 Å². The fourth-order valence-electron chi connectivity index (χ4n) is 1.68. The summed E-state index contributed by atoms with van der Waals surface area (Å²) in [5.41, 5.74) is 4.97. The van der Waals surface area contributed by atoms with Crippen LogP contribution in [-0.4, -0.2) is 25.4 Å². The molecule has 0 aliphatic heterocycles. The number of rotatable bonds is 4. The Bertz CT molecular complexity index is 777. The van der Waals surface area contributed by atoms with Crippen molar-refractivity contribution < 1.29 is 13.3 Å². The maximum absolute atomic E-state index is 12.4. The van der Waals surface area contributed by atoms with Gasteiger partial charge in [0.2, 0.25) is 0 Å². The molecule has 2 aromatic rings. The molecule has 110 valence electrons. The van der Waals surface area contributed by atoms with E-state index in [1.54, 1.807) is 12.1 Å². The van der Waals surface area contributed by atoms with Crippen molar-refractivity contribution in [3.8, 4) is 0 Å². The molecule has 0 fully saturated rings. The number of nitrogens with zero attached hydrogens (tertiary/aromatic N) is 3. The van der Waals surface area contributed by atoms with E-state index in [4.69, 9.17) is 5.73 Å². The second-order valence-corrected chi connectivity index (χ2v) is 6.11. The first kappa shape index (κ1) is 14.7. The molecule has 1 aromatic carbocycles. The lowest BCUT2D eigenvalue weighted by Crippen LogP contribution is -2.27. The summed E-state index contributed by atoms with van der Waals surface area (Å²) in [7, 11) is -2.55. The quantitative estimate of drug-likeness (QED) is 0.518. The van der Waals surface area contributed by atoms with Crippen LogP contribution in [0.25, 0.3) is 0 Å². The molecule has 8 nitrogen and oxygen atoms in total. The van der Waals surface area contributed by atoms with Crippen molar-refractivity contribution in [2.24, 2.45) is 0 Å². The van der Waals surface area contributed by atoms with E-state index >= 15 is 0 Å². The Hall–Kier alpha value is -2.68. The SMILES string of the molecule is CN(c1ccccn1)S(=O)(=O)c1ccc([N+](=O)[O-])c(N)c1. The van der Waals surface area contributed by atoms with Crippen molar-refractivity contribution in [3.63, 3.8) is 0 Å². The zero-order chi connectivity index (χ0) is 15.6. The van der Waals surface area contributed by atoms with Gasteiger partial charge >= 0.3 is 0 Å². The van der Waals surface area contributed by atoms with E-state index in [1.807, 2.05) is 0 Å². The van der Waals surface area contributed by atoms with Crippen LogP contribution in [0, 0.1) is 10.1 Å². The summed E-state index contributed by atoms with van der Waals surface area (Å²) in [5.74, 6) is 0.231. The zero-order valence-electron chi connectivity index (χ0n) is 11.0. The average molecular weight is 308 g/mol. The van der Waals surface area contributed by atoms with Crippen molar-refractivity contribution in [1.82, 2.24) is 4.98 Å². The molecule has 0 amide bonds. The number of pyridine rings is 1. The van der Waals surface area contributed by atoms with E-state index in [0.29, 0.717) is 0 Å². The summed E-state index contributed by atoms with van der Waals surface area (Å²) in [5, 5.41) is 10.7. The number of hydrogen-bond acceptors (Lipinski definition) is 6. The van der Waals surface area contributed by atoms with E-state index in [9.17, 15) is 18.5 Å². The highest BCUT2D eigenvalue weighted by atomic mass is 32.2. The van der Waals surface area contributed by atoms with Crippen LogP contribution in [0.4, 0.5) is 17.2 Å². The van der Waals surface area contributed by atoms with Gasteiger partial charge in [-0.1, -0.05) is 6.07 Å². The first-order chi connectivity index (χ1) is 9.84. The lowest BCUT2D eigenvalue weighted by Gasteiger charge is -2.18. The van der Waals surface area contributed by atoms with Gasteiger partial charge in [0.25, 0.3) is 15.7 Å². The molecule has 2 N–H and O–H groups in total. The number of benzene rings is 1. The molecule has 9 heteroatoms. The monoisotopic (exact) mass is 308 g/mol. The van der Waals surface area contributed by atoms with Gasteiger partial charge in [-0.3, -0.25) is 14.4 Å². The van der Waals surface area contributed by atoms with Crippen LogP contribution in [0.3, 0.4) is 0 Å². The number of nitro benzene ring substituents is 1. The molecule has 0 unspecified atom stereocenters. The molecule has 0 aliphatic carbocycles. The molecule has 0 spiro atoms. The van der Waals surface area contributed by atoms with E-state index in [-0.39, 0.29) is 22.1 Å². The summed E-state index contributed by atoms with van der Waals surface area (Å²) >= 11 is 0. The van der Waals surface area contributed by atoms with Crippen LogP contribution in [0.2, 0.25) is 0 Å². The summed E-state index contributed by atoms with van der Waals surface area (Å²) < 4.78 is 25.8. The number of nitrogen functional groups attached to an aromatic ring is 1. The van der Waals surface area contributed by atoms with Crippen molar-refractivity contribution in [2.45, 2.75) is 4.90 Å². The van der Waals surface area contributed by atoms with E-state index in [0.717, 1.165) is 22.5 Å². The maximum atomic E-state index is 12.4. The Morgan fingerprint density at radius 1 is 1.29 bits per heavy atom. The molecular formula is C12H12N4O4S. The van der Waals surface area contributed by atoms with Gasteiger partial charge < -0.3 is 5.73 Å². The molecule has 21 heavy (non-hydrogen) atoms. The topological polar surface area (TPSA) is 119 Å². The van der Waals surface area contributed by atoms with E-state index in [1.165, 1.54) is 19.3 Å². The van der Waals surface area contributed by atoms with Crippen molar-refractivity contribution in [3.05, 3.63) is 52.7 Å². The lowest BCUT2D eigenvalue weighted by molar-refractivity contribution is -0.383. The number of nitro groups is 1. The summed E-state index contributed by atoms with van der Waals surface area (Å²) in [4.78, 5) is 13.8. The Labute approximate surface area is 121 Å². The van der Waals surface area contributed by atoms with Gasteiger partial charge in [-0.15, -0.1) is 0 Å². The third-order valence-electron chi connectivity index (χ3n) is 2.83. The molecule has 0 atom stereocenters. The summed E-state index contributed by atoms with van der Waals surface area (Å²) in [6.07, 6.45) is 1.46. The van der Waals surface area contributed by atoms with Crippen LogP contribution >= 0.6 is 0 Å². The molecule has 1 heterocycles. The third-order valence-corrected chi connectivity index (χ3v) is 4.58. The molecule has 0 radical (unpaired) electrons. The molecule has 0 aliphatic rings. The van der Waals surface area contributed by atoms with Crippen molar-refractivity contribution >= 4 is 27.2 Å². The van der Waals surface area contributed by atoms with Gasteiger partial charge in [-0.25, -0.2) is 13.4 Å². The normalized spacial score (nSPS) is 11.1.